The summed E-state index contributed by atoms with van der Waals surface area (Å²) in [7, 11) is 0. The van der Waals surface area contributed by atoms with Crippen molar-refractivity contribution >= 4 is 0 Å². The lowest BCUT2D eigenvalue weighted by Gasteiger charge is -2.26. The zero-order valence-corrected chi connectivity index (χ0v) is 7.22. The van der Waals surface area contributed by atoms with Crippen LogP contribution in [0.4, 0.5) is 0 Å². The summed E-state index contributed by atoms with van der Waals surface area (Å²) >= 11 is 0. The second-order valence-corrected chi connectivity index (χ2v) is 3.89. The lowest BCUT2D eigenvalue weighted by molar-refractivity contribution is 0.0107. The van der Waals surface area contributed by atoms with Crippen molar-refractivity contribution in [2.24, 2.45) is 11.8 Å². The third-order valence-electron chi connectivity index (χ3n) is 3.03. The fraction of sp³-hybridized carbons (Fsp3) is 1.00. The van der Waals surface area contributed by atoms with Crippen molar-refractivity contribution in [2.45, 2.75) is 45.6 Å². The third kappa shape index (κ3) is 1.20. The molecule has 0 radical (unpaired) electrons. The van der Waals surface area contributed by atoms with Crippen LogP contribution in [0.15, 0.2) is 0 Å². The Bertz CT molecular complexity index is 118. The molecule has 3 unspecified atom stereocenters. The molecule has 1 heteroatoms. The van der Waals surface area contributed by atoms with Gasteiger partial charge in [-0.05, 0) is 31.6 Å². The van der Waals surface area contributed by atoms with Crippen LogP contribution in [0.3, 0.4) is 0 Å². The maximum absolute atomic E-state index is 9.82. The van der Waals surface area contributed by atoms with Gasteiger partial charge in [-0.15, -0.1) is 0 Å². The fourth-order valence-corrected chi connectivity index (χ4v) is 2.36. The molecule has 10 heavy (non-hydrogen) atoms. The van der Waals surface area contributed by atoms with Gasteiger partial charge < -0.3 is 5.11 Å². The van der Waals surface area contributed by atoms with Gasteiger partial charge in [0.05, 0.1) is 5.60 Å². The summed E-state index contributed by atoms with van der Waals surface area (Å²) in [6.07, 6.45) is 3.31. The van der Waals surface area contributed by atoms with Crippen molar-refractivity contribution in [2.75, 3.05) is 0 Å². The molecule has 1 aliphatic carbocycles. The highest BCUT2D eigenvalue weighted by Crippen LogP contribution is 2.41. The molecular formula is C9H18O. The van der Waals surface area contributed by atoms with Gasteiger partial charge in [-0.2, -0.15) is 0 Å². The fourth-order valence-electron chi connectivity index (χ4n) is 2.36. The van der Waals surface area contributed by atoms with Crippen molar-refractivity contribution in [3.8, 4) is 0 Å². The first-order valence-corrected chi connectivity index (χ1v) is 4.30. The molecule has 1 nitrogen and oxygen atoms in total. The molecule has 1 rings (SSSR count). The van der Waals surface area contributed by atoms with Crippen LogP contribution in [0.5, 0.6) is 0 Å². The Morgan fingerprint density at radius 2 is 2.20 bits per heavy atom. The maximum Gasteiger partial charge on any atom is 0.0650 e. The van der Waals surface area contributed by atoms with Crippen molar-refractivity contribution in [1.29, 1.82) is 0 Å². The Balaban J connectivity index is 2.63. The van der Waals surface area contributed by atoms with Crippen LogP contribution in [0, 0.1) is 11.8 Å². The van der Waals surface area contributed by atoms with Crippen molar-refractivity contribution in [3.63, 3.8) is 0 Å². The average Bonchev–Trinajstić information content (AvgIpc) is 2.07. The zero-order chi connectivity index (χ0) is 7.78. The molecule has 1 aliphatic rings. The van der Waals surface area contributed by atoms with E-state index in [0.717, 1.165) is 18.8 Å². The summed E-state index contributed by atoms with van der Waals surface area (Å²) in [5, 5.41) is 9.82. The molecule has 1 N–H and O–H groups in total. The molecule has 0 spiro atoms. The molecule has 0 aromatic carbocycles. The van der Waals surface area contributed by atoms with E-state index in [4.69, 9.17) is 0 Å². The van der Waals surface area contributed by atoms with Crippen LogP contribution in [-0.2, 0) is 0 Å². The molecule has 0 saturated heterocycles. The van der Waals surface area contributed by atoms with Gasteiger partial charge in [0.1, 0.15) is 0 Å². The standard InChI is InChI=1S/C9H18O/c1-4-8-7(2)5-6-9(8,3)10/h7-8,10H,4-6H2,1-3H3. The molecule has 0 aliphatic heterocycles. The van der Waals surface area contributed by atoms with E-state index in [2.05, 4.69) is 13.8 Å². The van der Waals surface area contributed by atoms with Crippen LogP contribution in [0.25, 0.3) is 0 Å². The average molecular weight is 142 g/mol. The van der Waals surface area contributed by atoms with Crippen LogP contribution in [-0.4, -0.2) is 10.7 Å². The van der Waals surface area contributed by atoms with Crippen LogP contribution in [0.1, 0.15) is 40.0 Å². The Morgan fingerprint density at radius 3 is 2.40 bits per heavy atom. The number of hydrogen-bond donors (Lipinski definition) is 1. The number of aliphatic hydroxyl groups is 1. The first kappa shape index (κ1) is 8.06. The molecule has 1 saturated carbocycles. The molecule has 3 atom stereocenters. The monoisotopic (exact) mass is 142 g/mol. The molecule has 0 heterocycles. The third-order valence-corrected chi connectivity index (χ3v) is 3.03. The smallest absolute Gasteiger partial charge is 0.0650 e. The van der Waals surface area contributed by atoms with E-state index in [1.807, 2.05) is 6.92 Å². The molecule has 0 bridgehead atoms. The van der Waals surface area contributed by atoms with E-state index in [-0.39, 0.29) is 5.60 Å². The topological polar surface area (TPSA) is 20.2 Å². The highest BCUT2D eigenvalue weighted by Gasteiger charge is 2.39. The molecule has 1 fully saturated rings. The summed E-state index contributed by atoms with van der Waals surface area (Å²) in [4.78, 5) is 0. The van der Waals surface area contributed by atoms with Crippen LogP contribution >= 0.6 is 0 Å². The van der Waals surface area contributed by atoms with E-state index in [1.165, 1.54) is 6.42 Å². The quantitative estimate of drug-likeness (QED) is 0.595. The van der Waals surface area contributed by atoms with E-state index in [0.29, 0.717) is 5.92 Å². The predicted octanol–water partition coefficient (Wildman–Crippen LogP) is 2.19. The van der Waals surface area contributed by atoms with Gasteiger partial charge in [0.15, 0.2) is 0 Å². The second kappa shape index (κ2) is 2.54. The van der Waals surface area contributed by atoms with Gasteiger partial charge >= 0.3 is 0 Å². The van der Waals surface area contributed by atoms with Gasteiger partial charge in [-0.25, -0.2) is 0 Å². The van der Waals surface area contributed by atoms with Crippen molar-refractivity contribution in [1.82, 2.24) is 0 Å². The summed E-state index contributed by atoms with van der Waals surface area (Å²) in [6.45, 7) is 6.39. The lowest BCUT2D eigenvalue weighted by Crippen LogP contribution is -2.30. The summed E-state index contributed by atoms with van der Waals surface area (Å²) < 4.78 is 0. The first-order valence-electron chi connectivity index (χ1n) is 4.30. The number of rotatable bonds is 1. The largest absolute Gasteiger partial charge is 0.390 e. The lowest BCUT2D eigenvalue weighted by atomic mass is 9.86. The molecule has 60 valence electrons. The SMILES string of the molecule is CCC1C(C)CCC1(C)O. The first-order chi connectivity index (χ1) is 4.58. The van der Waals surface area contributed by atoms with Gasteiger partial charge in [-0.3, -0.25) is 0 Å². The minimum Gasteiger partial charge on any atom is -0.390 e. The molecule has 0 aromatic rings. The Hall–Kier alpha value is -0.0400. The molecule has 0 amide bonds. The van der Waals surface area contributed by atoms with Gasteiger partial charge in [-0.1, -0.05) is 20.3 Å². The summed E-state index contributed by atoms with van der Waals surface area (Å²) in [5.41, 5.74) is -0.367. The molecule has 0 aromatic heterocycles. The maximum atomic E-state index is 9.82. The van der Waals surface area contributed by atoms with E-state index in [9.17, 15) is 5.11 Å². The van der Waals surface area contributed by atoms with E-state index in [1.54, 1.807) is 0 Å². The second-order valence-electron chi connectivity index (χ2n) is 3.89. The van der Waals surface area contributed by atoms with Gasteiger partial charge in [0.25, 0.3) is 0 Å². The Kier molecular flexibility index (Phi) is 2.04. The minimum absolute atomic E-state index is 0.367. The van der Waals surface area contributed by atoms with Crippen LogP contribution < -0.4 is 0 Å². The highest BCUT2D eigenvalue weighted by molar-refractivity contribution is 4.91. The number of hydrogen-bond acceptors (Lipinski definition) is 1. The van der Waals surface area contributed by atoms with E-state index >= 15 is 0 Å². The highest BCUT2D eigenvalue weighted by atomic mass is 16.3. The van der Waals surface area contributed by atoms with E-state index < -0.39 is 0 Å². The van der Waals surface area contributed by atoms with Gasteiger partial charge in [0, 0.05) is 0 Å². The Morgan fingerprint density at radius 1 is 1.60 bits per heavy atom. The summed E-state index contributed by atoms with van der Waals surface area (Å²) in [5.74, 6) is 1.26. The zero-order valence-electron chi connectivity index (χ0n) is 7.22. The predicted molar refractivity (Wildman–Crippen MR) is 42.8 cm³/mol. The Labute approximate surface area is 63.4 Å². The summed E-state index contributed by atoms with van der Waals surface area (Å²) in [6, 6.07) is 0. The molecular weight excluding hydrogens is 124 g/mol. The van der Waals surface area contributed by atoms with Gasteiger partial charge in [0.2, 0.25) is 0 Å². The normalized spacial score (nSPS) is 48.0. The van der Waals surface area contributed by atoms with Crippen molar-refractivity contribution in [3.05, 3.63) is 0 Å². The van der Waals surface area contributed by atoms with Crippen molar-refractivity contribution < 1.29 is 5.11 Å². The van der Waals surface area contributed by atoms with Crippen LogP contribution in [0.2, 0.25) is 0 Å². The minimum atomic E-state index is -0.367.